The fourth-order valence-electron chi connectivity index (χ4n) is 3.76. The van der Waals surface area contributed by atoms with Gasteiger partial charge >= 0.3 is 0 Å². The Morgan fingerprint density at radius 3 is 2.25 bits per heavy atom. The van der Waals surface area contributed by atoms with Crippen molar-refractivity contribution in [2.45, 2.75) is 53.1 Å². The van der Waals surface area contributed by atoms with Crippen LogP contribution < -0.4 is 9.47 Å². The van der Waals surface area contributed by atoms with Crippen molar-refractivity contribution < 1.29 is 14.3 Å². The van der Waals surface area contributed by atoms with Crippen molar-refractivity contribution in [3.63, 3.8) is 0 Å². The lowest BCUT2D eigenvalue weighted by molar-refractivity contribution is 0.0761. The van der Waals surface area contributed by atoms with Crippen molar-refractivity contribution in [1.82, 2.24) is 4.90 Å². The van der Waals surface area contributed by atoms with Gasteiger partial charge in [-0.25, -0.2) is 0 Å². The number of benzene rings is 2. The van der Waals surface area contributed by atoms with Gasteiger partial charge in [-0.2, -0.15) is 0 Å². The topological polar surface area (TPSA) is 38.8 Å². The molecule has 0 aliphatic carbocycles. The Labute approximate surface area is 168 Å². The zero-order chi connectivity index (χ0) is 19.9. The molecule has 0 saturated carbocycles. The van der Waals surface area contributed by atoms with Crippen molar-refractivity contribution in [3.8, 4) is 11.5 Å². The van der Waals surface area contributed by atoms with Crippen LogP contribution in [0.1, 0.15) is 59.7 Å². The fourth-order valence-corrected chi connectivity index (χ4v) is 3.76. The van der Waals surface area contributed by atoms with Crippen LogP contribution >= 0.6 is 0 Å². The minimum absolute atomic E-state index is 0.109. The summed E-state index contributed by atoms with van der Waals surface area (Å²) in [6, 6.07) is 11.9. The maximum atomic E-state index is 13.0. The van der Waals surface area contributed by atoms with Crippen LogP contribution in [-0.2, 0) is 6.61 Å². The van der Waals surface area contributed by atoms with Gasteiger partial charge < -0.3 is 14.4 Å². The number of carbonyl (C=O) groups is 1. The van der Waals surface area contributed by atoms with E-state index in [1.807, 2.05) is 42.2 Å². The third kappa shape index (κ3) is 5.28. The molecule has 1 saturated heterocycles. The smallest absolute Gasteiger partial charge is 0.253 e. The molecule has 0 unspecified atom stereocenters. The zero-order valence-electron chi connectivity index (χ0n) is 17.3. The van der Waals surface area contributed by atoms with Crippen molar-refractivity contribution in [1.29, 1.82) is 0 Å². The van der Waals surface area contributed by atoms with Gasteiger partial charge in [-0.05, 0) is 75.1 Å². The second-order valence-corrected chi connectivity index (χ2v) is 7.57. The second kappa shape index (κ2) is 9.63. The highest BCUT2D eigenvalue weighted by atomic mass is 16.5. The van der Waals surface area contributed by atoms with Gasteiger partial charge in [0.05, 0.1) is 6.61 Å². The summed E-state index contributed by atoms with van der Waals surface area (Å²) in [7, 11) is 0. The highest BCUT2D eigenvalue weighted by Crippen LogP contribution is 2.25. The first kappa shape index (κ1) is 20.2. The molecule has 1 fully saturated rings. The van der Waals surface area contributed by atoms with Gasteiger partial charge in [-0.3, -0.25) is 4.79 Å². The summed E-state index contributed by atoms with van der Waals surface area (Å²) < 4.78 is 11.8. The molecular weight excluding hydrogens is 350 g/mol. The van der Waals surface area contributed by atoms with Gasteiger partial charge in [0, 0.05) is 24.2 Å². The lowest BCUT2D eigenvalue weighted by Crippen LogP contribution is -2.31. The van der Waals surface area contributed by atoms with Gasteiger partial charge in [-0.15, -0.1) is 0 Å². The molecular formula is C24H31NO3. The maximum absolute atomic E-state index is 13.0. The van der Waals surface area contributed by atoms with Gasteiger partial charge in [0.25, 0.3) is 5.91 Å². The molecule has 28 heavy (non-hydrogen) atoms. The number of hydrogen-bond acceptors (Lipinski definition) is 3. The molecule has 3 rings (SSSR count). The normalized spacial score (nSPS) is 14.5. The standard InChI is InChI=1S/C24H31NO3/c1-4-27-23-10-9-20(24(26)25-11-7-5-6-8-12-25)16-21(23)17-28-22-14-18(2)13-19(3)15-22/h9-10,13-16H,4-8,11-12,17H2,1-3H3. The van der Waals surface area contributed by atoms with Gasteiger partial charge in [0.1, 0.15) is 18.1 Å². The Kier molecular flexibility index (Phi) is 6.96. The van der Waals surface area contributed by atoms with E-state index in [4.69, 9.17) is 9.47 Å². The number of ether oxygens (including phenoxy) is 2. The van der Waals surface area contributed by atoms with E-state index < -0.39 is 0 Å². The monoisotopic (exact) mass is 381 g/mol. The van der Waals surface area contributed by atoms with E-state index >= 15 is 0 Å². The fraction of sp³-hybridized carbons (Fsp3) is 0.458. The lowest BCUT2D eigenvalue weighted by atomic mass is 10.1. The first-order chi connectivity index (χ1) is 13.6. The summed E-state index contributed by atoms with van der Waals surface area (Å²) in [5, 5.41) is 0. The minimum Gasteiger partial charge on any atom is -0.493 e. The summed E-state index contributed by atoms with van der Waals surface area (Å²) in [6.07, 6.45) is 4.60. The van der Waals surface area contributed by atoms with Crippen molar-refractivity contribution in [3.05, 3.63) is 58.7 Å². The predicted molar refractivity (Wildman–Crippen MR) is 112 cm³/mol. The molecule has 0 radical (unpaired) electrons. The maximum Gasteiger partial charge on any atom is 0.253 e. The third-order valence-electron chi connectivity index (χ3n) is 5.09. The molecule has 0 bridgehead atoms. The number of carbonyl (C=O) groups excluding carboxylic acids is 1. The van der Waals surface area contributed by atoms with Gasteiger partial charge in [0.2, 0.25) is 0 Å². The van der Waals surface area contributed by atoms with Crippen LogP contribution in [0.5, 0.6) is 11.5 Å². The summed E-state index contributed by atoms with van der Waals surface area (Å²) in [5.41, 5.74) is 3.96. The number of likely N-dealkylation sites (tertiary alicyclic amines) is 1. The van der Waals surface area contributed by atoms with E-state index in [1.165, 1.54) is 24.0 Å². The van der Waals surface area contributed by atoms with Crippen LogP contribution in [0.25, 0.3) is 0 Å². The Balaban J connectivity index is 1.79. The van der Waals surface area contributed by atoms with E-state index in [1.54, 1.807) is 0 Å². The molecule has 2 aromatic rings. The second-order valence-electron chi connectivity index (χ2n) is 7.57. The van der Waals surface area contributed by atoms with Crippen LogP contribution in [-0.4, -0.2) is 30.5 Å². The van der Waals surface area contributed by atoms with E-state index in [9.17, 15) is 4.79 Å². The van der Waals surface area contributed by atoms with Crippen molar-refractivity contribution >= 4 is 5.91 Å². The molecule has 4 heteroatoms. The number of aryl methyl sites for hydroxylation is 2. The van der Waals surface area contributed by atoms with Crippen LogP contribution in [0.3, 0.4) is 0 Å². The van der Waals surface area contributed by atoms with Crippen LogP contribution in [0, 0.1) is 13.8 Å². The molecule has 0 spiro atoms. The third-order valence-corrected chi connectivity index (χ3v) is 5.09. The average Bonchev–Trinajstić information content (AvgIpc) is 2.95. The summed E-state index contributed by atoms with van der Waals surface area (Å²) in [5.74, 6) is 1.72. The molecule has 0 N–H and O–H groups in total. The minimum atomic E-state index is 0.109. The van der Waals surface area contributed by atoms with E-state index in [0.717, 1.165) is 43.0 Å². The van der Waals surface area contributed by atoms with Crippen LogP contribution in [0.15, 0.2) is 36.4 Å². The Morgan fingerprint density at radius 1 is 0.929 bits per heavy atom. The Hall–Kier alpha value is -2.49. The first-order valence-corrected chi connectivity index (χ1v) is 10.3. The van der Waals surface area contributed by atoms with Crippen molar-refractivity contribution in [2.24, 2.45) is 0 Å². The zero-order valence-corrected chi connectivity index (χ0v) is 17.3. The molecule has 1 amide bonds. The molecule has 4 nitrogen and oxygen atoms in total. The van der Waals surface area contributed by atoms with Crippen molar-refractivity contribution in [2.75, 3.05) is 19.7 Å². The SMILES string of the molecule is CCOc1ccc(C(=O)N2CCCCCC2)cc1COc1cc(C)cc(C)c1. The predicted octanol–water partition coefficient (Wildman–Crippen LogP) is 5.30. The van der Waals surface area contributed by atoms with E-state index in [0.29, 0.717) is 18.8 Å². The number of rotatable bonds is 6. The van der Waals surface area contributed by atoms with E-state index in [2.05, 4.69) is 19.9 Å². The molecule has 0 atom stereocenters. The summed E-state index contributed by atoms with van der Waals surface area (Å²) in [6.45, 7) is 8.74. The quantitative estimate of drug-likeness (QED) is 0.682. The molecule has 1 aliphatic rings. The molecule has 0 aromatic heterocycles. The summed E-state index contributed by atoms with van der Waals surface area (Å²) >= 11 is 0. The highest BCUT2D eigenvalue weighted by molar-refractivity contribution is 5.94. The number of nitrogens with zero attached hydrogens (tertiary/aromatic N) is 1. The summed E-state index contributed by atoms with van der Waals surface area (Å²) in [4.78, 5) is 15.0. The first-order valence-electron chi connectivity index (χ1n) is 10.3. The lowest BCUT2D eigenvalue weighted by Gasteiger charge is -2.21. The number of hydrogen-bond donors (Lipinski definition) is 0. The number of amides is 1. The Morgan fingerprint density at radius 2 is 1.61 bits per heavy atom. The molecule has 2 aromatic carbocycles. The van der Waals surface area contributed by atoms with Crippen LogP contribution in [0.4, 0.5) is 0 Å². The van der Waals surface area contributed by atoms with Crippen LogP contribution in [0.2, 0.25) is 0 Å². The largest absolute Gasteiger partial charge is 0.493 e. The van der Waals surface area contributed by atoms with Gasteiger partial charge in [0.15, 0.2) is 0 Å². The highest BCUT2D eigenvalue weighted by Gasteiger charge is 2.19. The van der Waals surface area contributed by atoms with Gasteiger partial charge in [-0.1, -0.05) is 18.9 Å². The molecule has 1 heterocycles. The molecule has 150 valence electrons. The molecule has 1 aliphatic heterocycles. The van der Waals surface area contributed by atoms with E-state index in [-0.39, 0.29) is 5.91 Å². The Bertz CT molecular complexity index is 787. The average molecular weight is 382 g/mol.